The molecule has 1 unspecified atom stereocenters. The number of esters is 3. The molecular formula is C10H12O9. The van der Waals surface area contributed by atoms with Crippen LogP contribution < -0.4 is 0 Å². The van der Waals surface area contributed by atoms with Gasteiger partial charge in [0.05, 0.1) is 12.8 Å². The summed E-state index contributed by atoms with van der Waals surface area (Å²) in [5.74, 6) is -6.82. The van der Waals surface area contributed by atoms with Crippen LogP contribution in [-0.2, 0) is 33.4 Å². The van der Waals surface area contributed by atoms with Crippen molar-refractivity contribution in [3.8, 4) is 0 Å². The van der Waals surface area contributed by atoms with Gasteiger partial charge >= 0.3 is 29.8 Å². The molecule has 9 nitrogen and oxygen atoms in total. The molecule has 2 N–H and O–H groups in total. The molecule has 19 heavy (non-hydrogen) atoms. The third-order valence-corrected chi connectivity index (χ3v) is 1.85. The van der Waals surface area contributed by atoms with E-state index in [2.05, 4.69) is 9.47 Å². The SMILES string of the molecule is CC(=O)OC(=O)CC(CC(=O)O)(OC(C)=O)C(=O)O. The highest BCUT2D eigenvalue weighted by Crippen LogP contribution is 2.23. The zero-order valence-electron chi connectivity index (χ0n) is 10.2. The molecule has 1 atom stereocenters. The van der Waals surface area contributed by atoms with Crippen LogP contribution in [0.5, 0.6) is 0 Å². The summed E-state index contributed by atoms with van der Waals surface area (Å²) in [4.78, 5) is 54.3. The lowest BCUT2D eigenvalue weighted by molar-refractivity contribution is -0.186. The molecule has 0 aliphatic rings. The highest BCUT2D eigenvalue weighted by atomic mass is 16.6. The first-order chi connectivity index (χ1) is 8.59. The second-order valence-corrected chi connectivity index (χ2v) is 3.61. The van der Waals surface area contributed by atoms with Gasteiger partial charge in [-0.3, -0.25) is 19.2 Å². The van der Waals surface area contributed by atoms with Crippen molar-refractivity contribution < 1.29 is 43.7 Å². The Morgan fingerprint density at radius 3 is 1.79 bits per heavy atom. The van der Waals surface area contributed by atoms with Gasteiger partial charge in [-0.05, 0) is 0 Å². The van der Waals surface area contributed by atoms with E-state index in [9.17, 15) is 24.0 Å². The third kappa shape index (κ3) is 5.61. The van der Waals surface area contributed by atoms with Crippen molar-refractivity contribution in [2.24, 2.45) is 0 Å². The Balaban J connectivity index is 5.26. The molecule has 0 aromatic heterocycles. The van der Waals surface area contributed by atoms with Crippen LogP contribution in [0.25, 0.3) is 0 Å². The summed E-state index contributed by atoms with van der Waals surface area (Å²) in [6.07, 6.45) is -2.23. The summed E-state index contributed by atoms with van der Waals surface area (Å²) in [5, 5.41) is 17.6. The van der Waals surface area contributed by atoms with Crippen LogP contribution >= 0.6 is 0 Å². The number of hydrogen-bond acceptors (Lipinski definition) is 7. The maximum absolute atomic E-state index is 11.2. The van der Waals surface area contributed by atoms with Gasteiger partial charge in [0.2, 0.25) is 5.60 Å². The zero-order chi connectivity index (χ0) is 15.2. The van der Waals surface area contributed by atoms with E-state index in [0.29, 0.717) is 0 Å². The quantitative estimate of drug-likeness (QED) is 0.476. The fourth-order valence-corrected chi connectivity index (χ4v) is 1.28. The summed E-state index contributed by atoms with van der Waals surface area (Å²) >= 11 is 0. The first kappa shape index (κ1) is 16.6. The van der Waals surface area contributed by atoms with Crippen LogP contribution in [0.4, 0.5) is 0 Å². The van der Waals surface area contributed by atoms with E-state index in [1.54, 1.807) is 0 Å². The summed E-state index contributed by atoms with van der Waals surface area (Å²) in [6.45, 7) is 1.76. The van der Waals surface area contributed by atoms with Gasteiger partial charge in [-0.2, -0.15) is 0 Å². The van der Waals surface area contributed by atoms with Crippen molar-refractivity contribution in [1.29, 1.82) is 0 Å². The van der Waals surface area contributed by atoms with Crippen molar-refractivity contribution >= 4 is 29.8 Å². The minimum Gasteiger partial charge on any atom is -0.481 e. The minimum atomic E-state index is -2.61. The van der Waals surface area contributed by atoms with Crippen LogP contribution in [-0.4, -0.2) is 45.7 Å². The number of carboxylic acid groups (broad SMARTS) is 2. The molecule has 0 rings (SSSR count). The predicted octanol–water partition coefficient (Wildman–Crippen LogP) is -0.673. The molecule has 0 radical (unpaired) electrons. The molecule has 0 heterocycles. The van der Waals surface area contributed by atoms with Gasteiger partial charge in [-0.15, -0.1) is 0 Å². The van der Waals surface area contributed by atoms with Gasteiger partial charge in [-0.1, -0.05) is 0 Å². The standard InChI is InChI=1S/C10H12O9/c1-5(11)18-8(15)4-10(9(16)17,3-7(13)14)19-6(2)12/h3-4H2,1-2H3,(H,13,14)(H,16,17). The number of aliphatic carboxylic acids is 2. The van der Waals surface area contributed by atoms with E-state index in [-0.39, 0.29) is 0 Å². The highest BCUT2D eigenvalue weighted by Gasteiger charge is 2.47. The van der Waals surface area contributed by atoms with E-state index in [4.69, 9.17) is 10.2 Å². The van der Waals surface area contributed by atoms with Crippen LogP contribution in [0, 0.1) is 0 Å². The second-order valence-electron chi connectivity index (χ2n) is 3.61. The third-order valence-electron chi connectivity index (χ3n) is 1.85. The first-order valence-corrected chi connectivity index (χ1v) is 4.95. The number of carbonyl (C=O) groups excluding carboxylic acids is 3. The van der Waals surface area contributed by atoms with E-state index in [1.807, 2.05) is 0 Å². The molecule has 0 aliphatic carbocycles. The smallest absolute Gasteiger partial charge is 0.349 e. The van der Waals surface area contributed by atoms with Crippen LogP contribution in [0.15, 0.2) is 0 Å². The van der Waals surface area contributed by atoms with Gasteiger partial charge in [0, 0.05) is 13.8 Å². The normalized spacial score (nSPS) is 12.9. The predicted molar refractivity (Wildman–Crippen MR) is 55.8 cm³/mol. The summed E-state index contributed by atoms with van der Waals surface area (Å²) in [7, 11) is 0. The Bertz CT molecular complexity index is 407. The number of carboxylic acids is 2. The molecule has 0 aliphatic heterocycles. The minimum absolute atomic E-state index is 0.857. The van der Waals surface area contributed by atoms with Gasteiger partial charge in [0.25, 0.3) is 0 Å². The summed E-state index contributed by atoms with van der Waals surface area (Å²) < 4.78 is 8.52. The average molecular weight is 276 g/mol. The highest BCUT2D eigenvalue weighted by molar-refractivity contribution is 5.93. The Labute approximate surface area is 107 Å². The van der Waals surface area contributed by atoms with Crippen LogP contribution in [0.2, 0.25) is 0 Å². The number of ether oxygens (including phenoxy) is 2. The van der Waals surface area contributed by atoms with Crippen molar-refractivity contribution in [3.63, 3.8) is 0 Å². The molecule has 0 spiro atoms. The first-order valence-electron chi connectivity index (χ1n) is 4.95. The zero-order valence-corrected chi connectivity index (χ0v) is 10.2. The van der Waals surface area contributed by atoms with Crippen LogP contribution in [0.1, 0.15) is 26.7 Å². The lowest BCUT2D eigenvalue weighted by atomic mass is 9.95. The molecule has 0 saturated carbocycles. The topological polar surface area (TPSA) is 144 Å². The molecule has 0 aromatic carbocycles. The molecule has 9 heteroatoms. The van der Waals surface area contributed by atoms with Gasteiger partial charge < -0.3 is 19.7 Å². The van der Waals surface area contributed by atoms with Crippen molar-refractivity contribution in [1.82, 2.24) is 0 Å². The number of rotatable bonds is 6. The Morgan fingerprint density at radius 2 is 1.47 bits per heavy atom. The lowest BCUT2D eigenvalue weighted by Gasteiger charge is -2.25. The second kappa shape index (κ2) is 6.47. The maximum atomic E-state index is 11.2. The summed E-state index contributed by atoms with van der Waals surface area (Å²) in [6, 6.07) is 0. The van der Waals surface area contributed by atoms with E-state index < -0.39 is 48.3 Å². The molecule has 0 amide bonds. The molecule has 0 aromatic rings. The van der Waals surface area contributed by atoms with Crippen molar-refractivity contribution in [2.45, 2.75) is 32.3 Å². The van der Waals surface area contributed by atoms with E-state index in [0.717, 1.165) is 13.8 Å². The van der Waals surface area contributed by atoms with E-state index >= 15 is 0 Å². The molecule has 106 valence electrons. The molecular weight excluding hydrogens is 264 g/mol. The van der Waals surface area contributed by atoms with Crippen LogP contribution in [0.3, 0.4) is 0 Å². The number of carbonyl (C=O) groups is 5. The Morgan fingerprint density at radius 1 is 0.947 bits per heavy atom. The average Bonchev–Trinajstić information content (AvgIpc) is 2.12. The largest absolute Gasteiger partial charge is 0.481 e. The number of hydrogen-bond donors (Lipinski definition) is 2. The molecule has 0 saturated heterocycles. The van der Waals surface area contributed by atoms with Gasteiger partial charge in [-0.25, -0.2) is 4.79 Å². The lowest BCUT2D eigenvalue weighted by Crippen LogP contribution is -2.47. The van der Waals surface area contributed by atoms with Crippen molar-refractivity contribution in [3.05, 3.63) is 0 Å². The fraction of sp³-hybridized carbons (Fsp3) is 0.500. The van der Waals surface area contributed by atoms with Gasteiger partial charge in [0.15, 0.2) is 0 Å². The van der Waals surface area contributed by atoms with E-state index in [1.165, 1.54) is 0 Å². The monoisotopic (exact) mass is 276 g/mol. The van der Waals surface area contributed by atoms with Crippen molar-refractivity contribution in [2.75, 3.05) is 0 Å². The molecule has 0 fully saturated rings. The Hall–Kier alpha value is -2.45. The Kier molecular flexibility index (Phi) is 5.64. The summed E-state index contributed by atoms with van der Waals surface area (Å²) in [5.41, 5.74) is -2.61. The fourth-order valence-electron chi connectivity index (χ4n) is 1.28. The maximum Gasteiger partial charge on any atom is 0.349 e. The van der Waals surface area contributed by atoms with Gasteiger partial charge in [0.1, 0.15) is 0 Å². The molecule has 0 bridgehead atoms.